The van der Waals surface area contributed by atoms with Crippen LogP contribution in [0.25, 0.3) is 0 Å². The molecule has 0 radical (unpaired) electrons. The lowest BCUT2D eigenvalue weighted by Gasteiger charge is -2.10. The van der Waals surface area contributed by atoms with Gasteiger partial charge in [-0.3, -0.25) is 4.79 Å². The molecule has 126 valence electrons. The van der Waals surface area contributed by atoms with Crippen LogP contribution in [0.3, 0.4) is 0 Å². The van der Waals surface area contributed by atoms with Gasteiger partial charge in [0.2, 0.25) is 5.75 Å². The average molecular weight is 330 g/mol. The maximum absolute atomic E-state index is 12.2. The highest BCUT2D eigenvalue weighted by atomic mass is 16.5. The maximum Gasteiger partial charge on any atom is 0.271 e. The first-order valence-corrected chi connectivity index (χ1v) is 7.02. The summed E-state index contributed by atoms with van der Waals surface area (Å²) in [5, 5.41) is 13.8. The van der Waals surface area contributed by atoms with Crippen LogP contribution in [-0.2, 0) is 0 Å². The van der Waals surface area contributed by atoms with E-state index in [0.29, 0.717) is 5.75 Å². The van der Waals surface area contributed by atoms with Crippen LogP contribution < -0.4 is 19.6 Å². The molecule has 0 spiro atoms. The number of nitrogens with zero attached hydrogens (tertiary/aromatic N) is 1. The van der Waals surface area contributed by atoms with Gasteiger partial charge in [0, 0.05) is 11.1 Å². The number of nitrogens with one attached hydrogen (secondary N) is 1. The van der Waals surface area contributed by atoms with E-state index in [1.807, 2.05) is 12.1 Å². The Balaban J connectivity index is 2.17. The number of methoxy groups -OCH3 is 3. The van der Waals surface area contributed by atoms with Gasteiger partial charge in [0.25, 0.3) is 5.91 Å². The van der Waals surface area contributed by atoms with Gasteiger partial charge in [-0.2, -0.15) is 5.10 Å². The number of amides is 1. The normalized spacial score (nSPS) is 10.5. The molecule has 2 aromatic rings. The Kier molecular flexibility index (Phi) is 5.62. The van der Waals surface area contributed by atoms with Crippen molar-refractivity contribution in [2.24, 2.45) is 5.10 Å². The third-order valence-corrected chi connectivity index (χ3v) is 3.25. The van der Waals surface area contributed by atoms with Crippen molar-refractivity contribution in [2.45, 2.75) is 0 Å². The molecule has 0 aliphatic carbocycles. The molecule has 0 aromatic heterocycles. The number of phenolic OH excluding ortho intramolecular Hbond substituents is 1. The van der Waals surface area contributed by atoms with E-state index in [-0.39, 0.29) is 22.8 Å². The number of carbonyl (C=O) groups excluding carboxylic acids is 1. The quantitative estimate of drug-likeness (QED) is 0.626. The van der Waals surface area contributed by atoms with Gasteiger partial charge in [-0.15, -0.1) is 0 Å². The summed E-state index contributed by atoms with van der Waals surface area (Å²) in [6.07, 6.45) is 1.48. The van der Waals surface area contributed by atoms with Gasteiger partial charge in [-0.25, -0.2) is 5.43 Å². The Hall–Kier alpha value is -3.22. The van der Waals surface area contributed by atoms with E-state index in [9.17, 15) is 9.90 Å². The molecule has 0 unspecified atom stereocenters. The molecule has 1 amide bonds. The summed E-state index contributed by atoms with van der Waals surface area (Å²) in [5.41, 5.74) is 3.36. The van der Waals surface area contributed by atoms with Crippen LogP contribution in [-0.4, -0.2) is 38.6 Å². The van der Waals surface area contributed by atoms with Crippen LogP contribution in [0, 0.1) is 0 Å². The van der Waals surface area contributed by atoms with E-state index < -0.39 is 5.91 Å². The van der Waals surface area contributed by atoms with E-state index in [0.717, 1.165) is 5.56 Å². The van der Waals surface area contributed by atoms with E-state index in [1.165, 1.54) is 32.6 Å². The minimum absolute atomic E-state index is 0.133. The Bertz CT molecular complexity index is 733. The van der Waals surface area contributed by atoms with Crippen LogP contribution in [0.15, 0.2) is 41.5 Å². The summed E-state index contributed by atoms with van der Waals surface area (Å²) in [6.45, 7) is 0. The van der Waals surface area contributed by atoms with Crippen molar-refractivity contribution in [3.8, 4) is 23.0 Å². The first kappa shape index (κ1) is 17.1. The molecule has 2 rings (SSSR count). The standard InChI is InChI=1S/C17H18N2O5/c1-22-13-7-5-4-6-11(13)10-18-19-17(21)12-8-14(23-2)16(20)15(9-12)24-3/h4-10,20H,1-3H3,(H,19,21). The molecular weight excluding hydrogens is 312 g/mol. The number of hydrogen-bond acceptors (Lipinski definition) is 6. The van der Waals surface area contributed by atoms with E-state index in [2.05, 4.69) is 10.5 Å². The van der Waals surface area contributed by atoms with Crippen molar-refractivity contribution in [1.29, 1.82) is 0 Å². The zero-order chi connectivity index (χ0) is 17.5. The zero-order valence-corrected chi connectivity index (χ0v) is 13.6. The third-order valence-electron chi connectivity index (χ3n) is 3.25. The topological polar surface area (TPSA) is 89.4 Å². The molecule has 7 nitrogen and oxygen atoms in total. The number of para-hydroxylation sites is 1. The summed E-state index contributed by atoms with van der Waals surface area (Å²) < 4.78 is 15.2. The number of phenols is 1. The smallest absolute Gasteiger partial charge is 0.271 e. The fourth-order valence-corrected chi connectivity index (χ4v) is 2.02. The largest absolute Gasteiger partial charge is 0.502 e. The molecule has 0 fully saturated rings. The van der Waals surface area contributed by atoms with Crippen molar-refractivity contribution in [2.75, 3.05) is 21.3 Å². The first-order chi connectivity index (χ1) is 11.6. The number of hydrogen-bond donors (Lipinski definition) is 2. The third kappa shape index (κ3) is 3.75. The predicted molar refractivity (Wildman–Crippen MR) is 89.3 cm³/mol. The van der Waals surface area contributed by atoms with Gasteiger partial charge < -0.3 is 19.3 Å². The predicted octanol–water partition coefficient (Wildman–Crippen LogP) is 2.18. The molecule has 0 atom stereocenters. The fraction of sp³-hybridized carbons (Fsp3) is 0.176. The Labute approximate surface area is 139 Å². The molecule has 2 N–H and O–H groups in total. The van der Waals surface area contributed by atoms with Crippen LogP contribution in [0.4, 0.5) is 0 Å². The van der Waals surface area contributed by atoms with Crippen LogP contribution in [0.1, 0.15) is 15.9 Å². The van der Waals surface area contributed by atoms with Gasteiger partial charge in [-0.05, 0) is 24.3 Å². The second-order valence-corrected chi connectivity index (χ2v) is 4.67. The summed E-state index contributed by atoms with van der Waals surface area (Å²) in [6, 6.07) is 10.1. The second kappa shape index (κ2) is 7.87. The fourth-order valence-electron chi connectivity index (χ4n) is 2.02. The van der Waals surface area contributed by atoms with Crippen molar-refractivity contribution >= 4 is 12.1 Å². The lowest BCUT2D eigenvalue weighted by atomic mass is 10.1. The highest BCUT2D eigenvalue weighted by Gasteiger charge is 2.15. The molecule has 0 saturated carbocycles. The summed E-state index contributed by atoms with van der Waals surface area (Å²) in [4.78, 5) is 12.2. The Morgan fingerprint density at radius 1 is 1.04 bits per heavy atom. The summed E-state index contributed by atoms with van der Waals surface area (Å²) >= 11 is 0. The number of carbonyl (C=O) groups is 1. The number of hydrazone groups is 1. The molecule has 7 heteroatoms. The summed E-state index contributed by atoms with van der Waals surface area (Å²) in [7, 11) is 4.33. The van der Waals surface area contributed by atoms with Crippen LogP contribution in [0.5, 0.6) is 23.0 Å². The average Bonchev–Trinajstić information content (AvgIpc) is 2.62. The second-order valence-electron chi connectivity index (χ2n) is 4.67. The highest BCUT2D eigenvalue weighted by molar-refractivity contribution is 5.96. The van der Waals surface area contributed by atoms with Crippen molar-refractivity contribution in [3.63, 3.8) is 0 Å². The first-order valence-electron chi connectivity index (χ1n) is 7.02. The van der Waals surface area contributed by atoms with Gasteiger partial charge in [0.1, 0.15) is 5.75 Å². The molecule has 24 heavy (non-hydrogen) atoms. The van der Waals surface area contributed by atoms with Gasteiger partial charge in [0.15, 0.2) is 11.5 Å². The van der Waals surface area contributed by atoms with E-state index in [4.69, 9.17) is 14.2 Å². The van der Waals surface area contributed by atoms with Gasteiger partial charge in [0.05, 0.1) is 27.5 Å². The van der Waals surface area contributed by atoms with Crippen molar-refractivity contribution in [1.82, 2.24) is 5.43 Å². The number of benzene rings is 2. The summed E-state index contributed by atoms with van der Waals surface area (Å²) in [5.74, 6) is 0.261. The highest BCUT2D eigenvalue weighted by Crippen LogP contribution is 2.36. The molecule has 2 aromatic carbocycles. The van der Waals surface area contributed by atoms with Gasteiger partial charge >= 0.3 is 0 Å². The van der Waals surface area contributed by atoms with Crippen LogP contribution >= 0.6 is 0 Å². The van der Waals surface area contributed by atoms with Gasteiger partial charge in [-0.1, -0.05) is 12.1 Å². The molecule has 0 aliphatic rings. The van der Waals surface area contributed by atoms with Crippen molar-refractivity contribution < 1.29 is 24.1 Å². The van der Waals surface area contributed by atoms with Crippen LogP contribution in [0.2, 0.25) is 0 Å². The van der Waals surface area contributed by atoms with Crippen molar-refractivity contribution in [3.05, 3.63) is 47.5 Å². The van der Waals surface area contributed by atoms with E-state index >= 15 is 0 Å². The minimum atomic E-state index is -0.474. The molecule has 0 heterocycles. The molecular formula is C17H18N2O5. The lowest BCUT2D eigenvalue weighted by Crippen LogP contribution is -2.17. The Morgan fingerprint density at radius 2 is 1.62 bits per heavy atom. The number of ether oxygens (including phenoxy) is 3. The van der Waals surface area contributed by atoms with E-state index in [1.54, 1.807) is 19.2 Å². The lowest BCUT2D eigenvalue weighted by molar-refractivity contribution is 0.0954. The zero-order valence-electron chi connectivity index (χ0n) is 13.6. The molecule has 0 saturated heterocycles. The maximum atomic E-state index is 12.2. The Morgan fingerprint density at radius 3 is 2.21 bits per heavy atom. The number of aromatic hydroxyl groups is 1. The molecule has 0 bridgehead atoms. The number of rotatable bonds is 6. The monoisotopic (exact) mass is 330 g/mol. The SMILES string of the molecule is COc1ccccc1C=NNC(=O)c1cc(OC)c(O)c(OC)c1. The molecule has 0 aliphatic heterocycles. The minimum Gasteiger partial charge on any atom is -0.502 e.